The number of benzene rings is 1. The molecular formula is C11H8Br2N2OS. The first-order chi connectivity index (χ1) is 8.06. The van der Waals surface area contributed by atoms with Gasteiger partial charge in [-0.15, -0.1) is 11.3 Å². The van der Waals surface area contributed by atoms with E-state index in [0.29, 0.717) is 10.7 Å². The molecule has 1 aromatic carbocycles. The molecule has 0 aliphatic heterocycles. The van der Waals surface area contributed by atoms with Crippen molar-refractivity contribution in [3.8, 4) is 0 Å². The number of hydrogen-bond acceptors (Lipinski definition) is 3. The Bertz CT molecular complexity index is 568. The number of carbonyl (C=O) groups is 1. The zero-order valence-corrected chi connectivity index (χ0v) is 12.8. The highest BCUT2D eigenvalue weighted by Gasteiger charge is 2.11. The largest absolute Gasteiger partial charge is 0.298 e. The van der Waals surface area contributed by atoms with Crippen LogP contribution in [-0.2, 0) is 0 Å². The van der Waals surface area contributed by atoms with Crippen LogP contribution in [0, 0.1) is 6.92 Å². The van der Waals surface area contributed by atoms with Crippen molar-refractivity contribution in [1.82, 2.24) is 4.98 Å². The van der Waals surface area contributed by atoms with E-state index in [1.54, 1.807) is 6.07 Å². The number of carbonyl (C=O) groups excluding carboxylic acids is 1. The summed E-state index contributed by atoms with van der Waals surface area (Å²) < 4.78 is 1.67. The van der Waals surface area contributed by atoms with Crippen molar-refractivity contribution in [3.63, 3.8) is 0 Å². The van der Waals surface area contributed by atoms with Gasteiger partial charge in [-0.05, 0) is 41.1 Å². The average Bonchev–Trinajstić information content (AvgIpc) is 2.63. The standard InChI is InChI=1S/C11H8Br2N2OS/c1-6-5-17-11(14-6)15-10(16)8-3-2-7(12)4-9(8)13/h2-5H,1H3,(H,14,15,16). The molecule has 3 nitrogen and oxygen atoms in total. The van der Waals surface area contributed by atoms with Crippen molar-refractivity contribution in [2.75, 3.05) is 5.32 Å². The molecule has 0 radical (unpaired) electrons. The Morgan fingerprint density at radius 2 is 2.18 bits per heavy atom. The van der Waals surface area contributed by atoms with Gasteiger partial charge in [0.25, 0.3) is 5.91 Å². The van der Waals surface area contributed by atoms with Crippen molar-refractivity contribution in [3.05, 3.63) is 43.8 Å². The molecule has 0 aliphatic carbocycles. The van der Waals surface area contributed by atoms with Gasteiger partial charge in [-0.2, -0.15) is 0 Å². The number of amides is 1. The van der Waals surface area contributed by atoms with Gasteiger partial charge in [-0.25, -0.2) is 4.98 Å². The Balaban J connectivity index is 2.20. The average molecular weight is 376 g/mol. The van der Waals surface area contributed by atoms with E-state index in [2.05, 4.69) is 42.2 Å². The zero-order chi connectivity index (χ0) is 12.4. The lowest BCUT2D eigenvalue weighted by Crippen LogP contribution is -2.12. The first-order valence-corrected chi connectivity index (χ1v) is 7.21. The van der Waals surface area contributed by atoms with E-state index in [1.807, 2.05) is 24.4 Å². The molecule has 0 saturated carbocycles. The summed E-state index contributed by atoms with van der Waals surface area (Å²) in [5, 5.41) is 5.27. The van der Waals surface area contributed by atoms with Gasteiger partial charge in [0.15, 0.2) is 5.13 Å². The molecule has 1 amide bonds. The van der Waals surface area contributed by atoms with Crippen molar-refractivity contribution in [2.45, 2.75) is 6.92 Å². The molecule has 0 bridgehead atoms. The molecule has 2 rings (SSSR count). The van der Waals surface area contributed by atoms with Gasteiger partial charge in [0, 0.05) is 14.3 Å². The Hall–Kier alpha value is -0.720. The molecule has 0 saturated heterocycles. The number of aromatic nitrogens is 1. The molecule has 0 spiro atoms. The van der Waals surface area contributed by atoms with Gasteiger partial charge in [0.05, 0.1) is 11.3 Å². The Labute approximate surface area is 120 Å². The minimum atomic E-state index is -0.168. The molecule has 88 valence electrons. The van der Waals surface area contributed by atoms with E-state index in [-0.39, 0.29) is 5.91 Å². The number of thiazole rings is 1. The Morgan fingerprint density at radius 3 is 2.76 bits per heavy atom. The van der Waals surface area contributed by atoms with Crippen LogP contribution in [0.25, 0.3) is 0 Å². The molecular weight excluding hydrogens is 368 g/mol. The van der Waals surface area contributed by atoms with Gasteiger partial charge < -0.3 is 0 Å². The zero-order valence-electron chi connectivity index (χ0n) is 8.83. The molecule has 6 heteroatoms. The number of aryl methyl sites for hydroxylation is 1. The molecule has 1 aromatic heterocycles. The lowest BCUT2D eigenvalue weighted by molar-refractivity contribution is 0.102. The normalized spacial score (nSPS) is 10.3. The number of anilines is 1. The molecule has 0 atom stereocenters. The van der Waals surface area contributed by atoms with E-state index >= 15 is 0 Å². The number of nitrogens with one attached hydrogen (secondary N) is 1. The van der Waals surface area contributed by atoms with Crippen LogP contribution in [0.3, 0.4) is 0 Å². The monoisotopic (exact) mass is 374 g/mol. The molecule has 17 heavy (non-hydrogen) atoms. The van der Waals surface area contributed by atoms with Gasteiger partial charge in [-0.3, -0.25) is 10.1 Å². The van der Waals surface area contributed by atoms with Crippen LogP contribution in [0.15, 0.2) is 32.5 Å². The highest BCUT2D eigenvalue weighted by atomic mass is 79.9. The van der Waals surface area contributed by atoms with Crippen LogP contribution in [0.5, 0.6) is 0 Å². The molecule has 0 fully saturated rings. The molecule has 2 aromatic rings. The fraction of sp³-hybridized carbons (Fsp3) is 0.0909. The summed E-state index contributed by atoms with van der Waals surface area (Å²) >= 11 is 8.12. The van der Waals surface area contributed by atoms with Crippen LogP contribution in [0.1, 0.15) is 16.1 Å². The SMILES string of the molecule is Cc1csc(NC(=O)c2ccc(Br)cc2Br)n1. The van der Waals surface area contributed by atoms with E-state index in [0.717, 1.165) is 14.6 Å². The van der Waals surface area contributed by atoms with Gasteiger partial charge in [0.2, 0.25) is 0 Å². The second-order valence-electron chi connectivity index (χ2n) is 3.37. The van der Waals surface area contributed by atoms with Crippen molar-refractivity contribution < 1.29 is 4.79 Å². The first-order valence-electron chi connectivity index (χ1n) is 4.75. The lowest BCUT2D eigenvalue weighted by Gasteiger charge is -2.04. The number of halogens is 2. The summed E-state index contributed by atoms with van der Waals surface area (Å²) in [6.45, 7) is 1.89. The Morgan fingerprint density at radius 1 is 1.41 bits per heavy atom. The third-order valence-corrected chi connectivity index (χ3v) is 4.04. The minimum Gasteiger partial charge on any atom is -0.298 e. The highest BCUT2D eigenvalue weighted by Crippen LogP contribution is 2.23. The second-order valence-corrected chi connectivity index (χ2v) is 6.00. The minimum absolute atomic E-state index is 0.168. The number of hydrogen-bond donors (Lipinski definition) is 1. The molecule has 0 aliphatic rings. The van der Waals surface area contributed by atoms with Crippen LogP contribution in [-0.4, -0.2) is 10.9 Å². The van der Waals surface area contributed by atoms with E-state index in [9.17, 15) is 4.79 Å². The summed E-state index contributed by atoms with van der Waals surface area (Å²) in [5.74, 6) is -0.168. The van der Waals surface area contributed by atoms with Crippen molar-refractivity contribution >= 4 is 54.2 Å². The summed E-state index contributed by atoms with van der Waals surface area (Å²) in [5.41, 5.74) is 1.49. The molecule has 1 heterocycles. The maximum Gasteiger partial charge on any atom is 0.258 e. The van der Waals surface area contributed by atoms with E-state index < -0.39 is 0 Å². The fourth-order valence-electron chi connectivity index (χ4n) is 1.25. The predicted octanol–water partition coefficient (Wildman–Crippen LogP) is 4.23. The second kappa shape index (κ2) is 5.29. The summed E-state index contributed by atoms with van der Waals surface area (Å²) in [7, 11) is 0. The van der Waals surface area contributed by atoms with Crippen LogP contribution < -0.4 is 5.32 Å². The number of nitrogens with zero attached hydrogens (tertiary/aromatic N) is 1. The van der Waals surface area contributed by atoms with Crippen LogP contribution in [0.2, 0.25) is 0 Å². The smallest absolute Gasteiger partial charge is 0.258 e. The topological polar surface area (TPSA) is 42.0 Å². The maximum atomic E-state index is 12.0. The third-order valence-electron chi connectivity index (χ3n) is 2.02. The summed E-state index contributed by atoms with van der Waals surface area (Å²) in [6.07, 6.45) is 0. The maximum absolute atomic E-state index is 12.0. The van der Waals surface area contributed by atoms with E-state index in [4.69, 9.17) is 0 Å². The number of rotatable bonds is 2. The molecule has 0 unspecified atom stereocenters. The fourth-order valence-corrected chi connectivity index (χ4v) is 3.16. The summed E-state index contributed by atoms with van der Waals surface area (Å²) in [4.78, 5) is 16.2. The van der Waals surface area contributed by atoms with Gasteiger partial charge >= 0.3 is 0 Å². The first kappa shape index (κ1) is 12.7. The van der Waals surface area contributed by atoms with Crippen LogP contribution >= 0.6 is 43.2 Å². The quantitative estimate of drug-likeness (QED) is 0.853. The van der Waals surface area contributed by atoms with Crippen LogP contribution in [0.4, 0.5) is 5.13 Å². The summed E-state index contributed by atoms with van der Waals surface area (Å²) in [6, 6.07) is 5.42. The van der Waals surface area contributed by atoms with E-state index in [1.165, 1.54) is 11.3 Å². The van der Waals surface area contributed by atoms with Gasteiger partial charge in [-0.1, -0.05) is 15.9 Å². The van der Waals surface area contributed by atoms with Crippen molar-refractivity contribution in [1.29, 1.82) is 0 Å². The third kappa shape index (κ3) is 3.14. The highest BCUT2D eigenvalue weighted by molar-refractivity contribution is 9.11. The van der Waals surface area contributed by atoms with Gasteiger partial charge in [0.1, 0.15) is 0 Å². The molecule has 1 N–H and O–H groups in total. The predicted molar refractivity (Wildman–Crippen MR) is 76.6 cm³/mol. The Kier molecular flexibility index (Phi) is 3.96. The lowest BCUT2D eigenvalue weighted by atomic mass is 10.2. The van der Waals surface area contributed by atoms with Crippen molar-refractivity contribution in [2.24, 2.45) is 0 Å².